The fourth-order valence-electron chi connectivity index (χ4n) is 6.78. The molecule has 2 amide bonds. The Labute approximate surface area is 406 Å². The van der Waals surface area contributed by atoms with Crippen LogP contribution in [0.5, 0.6) is 17.2 Å². The van der Waals surface area contributed by atoms with Gasteiger partial charge in [-0.2, -0.15) is 0 Å². The first kappa shape index (κ1) is 50.5. The summed E-state index contributed by atoms with van der Waals surface area (Å²) < 4.78 is 17.3. The third-order valence-corrected chi connectivity index (χ3v) is 10.7. The summed E-state index contributed by atoms with van der Waals surface area (Å²) >= 11 is 3.22. The van der Waals surface area contributed by atoms with E-state index in [1.807, 2.05) is 140 Å². The normalized spacial score (nSPS) is 11.3. The molecule has 0 heterocycles. The summed E-state index contributed by atoms with van der Waals surface area (Å²) in [6.07, 6.45) is -0.239. The maximum absolute atomic E-state index is 11.4. The number of alkyl halides is 1. The quantitative estimate of drug-likeness (QED) is 0.0331. The SMILES string of the molecule is CCOc1ccc(Nc2ccc(N(Cc3ccccc3)C[C@H](O)c3ccc(OCc4ccccc4)c(NC=O)c3)cc2)cc1.O=CNc1cc([C@@H](O)CBr)ccc1OCc1ccccc1.[V]. The molecule has 339 valence electrons. The minimum atomic E-state index is -0.823. The van der Waals surface area contributed by atoms with Crippen LogP contribution in [0.15, 0.2) is 176 Å². The zero-order valence-corrected chi connectivity index (χ0v) is 39.5. The standard InChI is InChI=1S/C37H37N3O4.C16H16BrNO3.V/c1-2-43-34-20-16-32(17-21-34)39-31-14-18-33(19-15-31)40(24-28-9-5-3-6-10-28)25-36(42)30-13-22-37(35(23-30)38-27-41)44-26-29-11-7-4-8-12-29;17-9-15(20)13-6-7-16(14(8-13)18-11-19)21-10-12-4-2-1-3-5-12;/h3-23,27,36,39,42H,2,24-26H2,1H3,(H,38,41);1-8,11,15,20H,9-10H2,(H,18,19);/t36-;15-;/m00./s1. The van der Waals surface area contributed by atoms with Crippen molar-refractivity contribution < 1.29 is 52.6 Å². The van der Waals surface area contributed by atoms with E-state index in [4.69, 9.17) is 14.2 Å². The van der Waals surface area contributed by atoms with Crippen LogP contribution in [-0.2, 0) is 47.9 Å². The number of aliphatic hydroxyl groups excluding tert-OH is 2. The van der Waals surface area contributed by atoms with Gasteiger partial charge in [0.25, 0.3) is 0 Å². The molecule has 0 spiro atoms. The average Bonchev–Trinajstić information content (AvgIpc) is 3.35. The van der Waals surface area contributed by atoms with Gasteiger partial charge in [0.15, 0.2) is 0 Å². The molecule has 0 aliphatic rings. The van der Waals surface area contributed by atoms with Crippen molar-refractivity contribution in [2.24, 2.45) is 0 Å². The number of nitrogens with zero attached hydrogens (tertiary/aromatic N) is 1. The molecule has 7 aromatic carbocycles. The predicted octanol–water partition coefficient (Wildman–Crippen LogP) is 11.0. The number of nitrogens with one attached hydrogen (secondary N) is 3. The first-order chi connectivity index (χ1) is 31.8. The van der Waals surface area contributed by atoms with Crippen molar-refractivity contribution in [3.05, 3.63) is 204 Å². The summed E-state index contributed by atoms with van der Waals surface area (Å²) in [4.78, 5) is 24.2. The molecule has 0 aromatic heterocycles. The van der Waals surface area contributed by atoms with Crippen LogP contribution in [0.25, 0.3) is 0 Å². The number of anilines is 5. The molecule has 0 bridgehead atoms. The molecule has 0 unspecified atom stereocenters. The van der Waals surface area contributed by atoms with Crippen LogP contribution in [-0.4, -0.2) is 41.5 Å². The van der Waals surface area contributed by atoms with Gasteiger partial charge in [0.2, 0.25) is 12.8 Å². The number of hydrogen-bond donors (Lipinski definition) is 5. The van der Waals surface area contributed by atoms with Gasteiger partial charge in [-0.05, 0) is 108 Å². The van der Waals surface area contributed by atoms with Gasteiger partial charge in [-0.1, -0.05) is 119 Å². The Morgan fingerprint density at radius 3 is 1.48 bits per heavy atom. The van der Waals surface area contributed by atoms with E-state index >= 15 is 0 Å². The van der Waals surface area contributed by atoms with Crippen molar-refractivity contribution in [2.45, 2.75) is 38.9 Å². The Hall–Kier alpha value is -6.54. The summed E-state index contributed by atoms with van der Waals surface area (Å²) in [7, 11) is 0. The van der Waals surface area contributed by atoms with Crippen LogP contribution >= 0.6 is 15.9 Å². The second kappa shape index (κ2) is 27.1. The monoisotopic (exact) mass is 987 g/mol. The molecular weight excluding hydrogens is 935 g/mol. The topological polar surface area (TPSA) is 142 Å². The van der Waals surface area contributed by atoms with Crippen molar-refractivity contribution >= 4 is 57.2 Å². The maximum Gasteiger partial charge on any atom is 0.211 e. The number of hydrogen-bond acceptors (Lipinski definition) is 9. The van der Waals surface area contributed by atoms with E-state index in [2.05, 4.69) is 48.9 Å². The summed E-state index contributed by atoms with van der Waals surface area (Å²) in [5.41, 5.74) is 8.51. The number of carbonyl (C=O) groups is 2. The number of carbonyl (C=O) groups excluding carboxylic acids is 2. The Kier molecular flexibility index (Phi) is 20.7. The third-order valence-electron chi connectivity index (χ3n) is 10.1. The summed E-state index contributed by atoms with van der Waals surface area (Å²) in [6, 6.07) is 56.4. The number of halogens is 1. The van der Waals surface area contributed by atoms with Crippen LogP contribution < -0.4 is 35.1 Å². The van der Waals surface area contributed by atoms with Crippen molar-refractivity contribution in [1.82, 2.24) is 0 Å². The minimum Gasteiger partial charge on any atom is -0.494 e. The number of amides is 2. The van der Waals surface area contributed by atoms with Gasteiger partial charge < -0.3 is 45.3 Å². The molecule has 0 saturated heterocycles. The van der Waals surface area contributed by atoms with Gasteiger partial charge in [0, 0.05) is 54.0 Å². The van der Waals surface area contributed by atoms with Crippen molar-refractivity contribution in [3.63, 3.8) is 0 Å². The fraction of sp³-hybridized carbons (Fsp3) is 0.170. The van der Waals surface area contributed by atoms with Crippen molar-refractivity contribution in [1.29, 1.82) is 0 Å². The number of ether oxygens (including phenoxy) is 3. The Bertz CT molecular complexity index is 2510. The van der Waals surface area contributed by atoms with Gasteiger partial charge in [0.05, 0.1) is 30.2 Å². The Morgan fingerprint density at radius 1 is 0.576 bits per heavy atom. The van der Waals surface area contributed by atoms with Gasteiger partial charge in [0.1, 0.15) is 30.5 Å². The zero-order chi connectivity index (χ0) is 45.6. The first-order valence-electron chi connectivity index (χ1n) is 21.2. The van der Waals surface area contributed by atoms with Crippen LogP contribution in [0.2, 0.25) is 0 Å². The van der Waals surface area contributed by atoms with E-state index in [-0.39, 0.29) is 18.6 Å². The van der Waals surface area contributed by atoms with E-state index in [1.165, 1.54) is 0 Å². The zero-order valence-electron chi connectivity index (χ0n) is 36.5. The fourth-order valence-corrected chi connectivity index (χ4v) is 7.15. The molecular formula is C53H53BrN4O7V. The van der Waals surface area contributed by atoms with E-state index in [1.54, 1.807) is 30.3 Å². The molecule has 0 fully saturated rings. The second-order valence-electron chi connectivity index (χ2n) is 14.8. The summed E-state index contributed by atoms with van der Waals surface area (Å²) in [6.45, 7) is 4.33. The largest absolute Gasteiger partial charge is 0.494 e. The molecule has 0 aliphatic heterocycles. The van der Waals surface area contributed by atoms with Crippen LogP contribution in [0.3, 0.4) is 0 Å². The number of benzene rings is 7. The molecule has 11 nitrogen and oxygen atoms in total. The molecule has 2 atom stereocenters. The molecule has 5 N–H and O–H groups in total. The smallest absolute Gasteiger partial charge is 0.211 e. The minimum absolute atomic E-state index is 0. The van der Waals surface area contributed by atoms with Crippen LogP contribution in [0.4, 0.5) is 28.4 Å². The molecule has 1 radical (unpaired) electrons. The van der Waals surface area contributed by atoms with Gasteiger partial charge in [-0.3, -0.25) is 9.59 Å². The third kappa shape index (κ3) is 15.6. The van der Waals surface area contributed by atoms with Gasteiger partial charge in [-0.15, -0.1) is 0 Å². The summed E-state index contributed by atoms with van der Waals surface area (Å²) in [5.74, 6) is 1.94. The van der Waals surface area contributed by atoms with Crippen molar-refractivity contribution in [2.75, 3.05) is 39.3 Å². The Balaban J connectivity index is 0.000000312. The summed E-state index contributed by atoms with van der Waals surface area (Å²) in [5, 5.41) is 30.4. The van der Waals surface area contributed by atoms with E-state index in [9.17, 15) is 19.8 Å². The van der Waals surface area contributed by atoms with E-state index in [0.717, 1.165) is 39.5 Å². The Morgan fingerprint density at radius 2 is 1.03 bits per heavy atom. The molecule has 0 aliphatic carbocycles. The molecule has 0 saturated carbocycles. The predicted molar refractivity (Wildman–Crippen MR) is 262 cm³/mol. The molecule has 66 heavy (non-hydrogen) atoms. The van der Waals surface area contributed by atoms with Gasteiger partial charge >= 0.3 is 0 Å². The maximum atomic E-state index is 11.4. The second-order valence-corrected chi connectivity index (χ2v) is 15.4. The number of rotatable bonds is 22. The number of aliphatic hydroxyl groups is 2. The van der Waals surface area contributed by atoms with Gasteiger partial charge in [-0.25, -0.2) is 0 Å². The molecule has 7 rings (SSSR count). The average molecular weight is 989 g/mol. The van der Waals surface area contributed by atoms with E-state index in [0.29, 0.717) is 85.1 Å². The van der Waals surface area contributed by atoms with Crippen molar-refractivity contribution in [3.8, 4) is 17.2 Å². The molecule has 13 heteroatoms. The first-order valence-corrected chi connectivity index (χ1v) is 22.3. The van der Waals surface area contributed by atoms with E-state index < -0.39 is 12.2 Å². The molecule has 7 aromatic rings. The van der Waals surface area contributed by atoms with Crippen LogP contribution in [0, 0.1) is 0 Å². The van der Waals surface area contributed by atoms with Crippen LogP contribution in [0.1, 0.15) is 46.9 Å².